The zero-order valence-electron chi connectivity index (χ0n) is 20.2. The average molecular weight is 565 g/mol. The highest BCUT2D eigenvalue weighted by Gasteiger charge is 2.30. The second-order valence-corrected chi connectivity index (χ2v) is 9.02. The van der Waals surface area contributed by atoms with Gasteiger partial charge in [0.1, 0.15) is 24.8 Å². The first-order valence-electron chi connectivity index (χ1n) is 10.8. The number of unbranched alkanes of at least 4 members (excludes halogenated alkanes) is 1. The van der Waals surface area contributed by atoms with Crippen LogP contribution in [0.2, 0.25) is 0 Å². The molecular weight excluding hydrogens is 533 g/mol. The summed E-state index contributed by atoms with van der Waals surface area (Å²) in [7, 11) is -3.37. The van der Waals surface area contributed by atoms with E-state index in [1.165, 1.54) is 30.0 Å². The lowest BCUT2D eigenvalue weighted by atomic mass is 10.2. The van der Waals surface area contributed by atoms with E-state index in [9.17, 15) is 22.9 Å². The van der Waals surface area contributed by atoms with Crippen LogP contribution in [0.15, 0.2) is 28.9 Å². The second kappa shape index (κ2) is 17.9. The van der Waals surface area contributed by atoms with E-state index in [2.05, 4.69) is 9.51 Å². The third-order valence-electron chi connectivity index (χ3n) is 4.15. The van der Waals surface area contributed by atoms with Gasteiger partial charge in [0.05, 0.1) is 12.7 Å². The lowest BCUT2D eigenvalue weighted by Gasteiger charge is -2.20. The van der Waals surface area contributed by atoms with Gasteiger partial charge in [-0.05, 0) is 31.9 Å². The molecule has 1 heterocycles. The van der Waals surface area contributed by atoms with Crippen LogP contribution >= 0.6 is 17.2 Å². The summed E-state index contributed by atoms with van der Waals surface area (Å²) in [6.07, 6.45) is -0.100. The smallest absolute Gasteiger partial charge is 0.426 e. The molecule has 1 aromatic heterocycles. The number of allylic oxidation sites excluding steroid dienone is 1. The van der Waals surface area contributed by atoms with E-state index in [1.807, 2.05) is 6.92 Å². The molecule has 0 aliphatic rings. The Balaban J connectivity index is 2.54. The fourth-order valence-electron chi connectivity index (χ4n) is 2.20. The molecule has 0 saturated carbocycles. The predicted molar refractivity (Wildman–Crippen MR) is 125 cm³/mol. The third kappa shape index (κ3) is 15.0. The summed E-state index contributed by atoms with van der Waals surface area (Å²) >= 11 is 0. The Morgan fingerprint density at radius 1 is 1.33 bits per heavy atom. The van der Waals surface area contributed by atoms with Crippen molar-refractivity contribution in [3.05, 3.63) is 34.6 Å². The van der Waals surface area contributed by atoms with Gasteiger partial charge in [-0.3, -0.25) is 4.57 Å². The Morgan fingerprint density at radius 2 is 2.08 bits per heavy atom. The minimum atomic E-state index is -4.60. The summed E-state index contributed by atoms with van der Waals surface area (Å²) in [5, 5.41) is 0. The van der Waals surface area contributed by atoms with E-state index in [-0.39, 0.29) is 24.8 Å². The van der Waals surface area contributed by atoms with Crippen LogP contribution in [-0.4, -0.2) is 60.3 Å². The number of nitrogens with zero attached hydrogens (tertiary/aromatic N) is 2. The summed E-state index contributed by atoms with van der Waals surface area (Å²) < 4.78 is 68.7. The molecule has 17 heteroatoms. The highest BCUT2D eigenvalue weighted by molar-refractivity contribution is 7.41. The molecule has 0 amide bonds. The summed E-state index contributed by atoms with van der Waals surface area (Å²) in [6.45, 7) is 2.09. The van der Waals surface area contributed by atoms with Crippen LogP contribution in [0.1, 0.15) is 33.1 Å². The van der Waals surface area contributed by atoms with Gasteiger partial charge >= 0.3 is 29.1 Å². The van der Waals surface area contributed by atoms with Gasteiger partial charge in [0.25, 0.3) is 0 Å². The van der Waals surface area contributed by atoms with E-state index in [0.717, 1.165) is 6.42 Å². The highest BCUT2D eigenvalue weighted by Crippen LogP contribution is 2.44. The minimum Gasteiger partial charge on any atom is -0.428 e. The Morgan fingerprint density at radius 3 is 2.69 bits per heavy atom. The Labute approximate surface area is 209 Å². The molecule has 0 fully saturated rings. The molecule has 3 N–H and O–H groups in total. The number of alkyl halides is 3. The monoisotopic (exact) mass is 565 g/mol. The van der Waals surface area contributed by atoms with E-state index in [4.69, 9.17) is 33.6 Å². The average Bonchev–Trinajstić information content (AvgIpc) is 2.82. The number of hydrogen-bond donors (Lipinski definition) is 2. The molecular formula is C19H32F3N3O9P2. The summed E-state index contributed by atoms with van der Waals surface area (Å²) in [6, 6.07) is 1.51. The molecule has 0 aliphatic heterocycles. The molecule has 36 heavy (non-hydrogen) atoms. The van der Waals surface area contributed by atoms with Crippen LogP contribution in [0, 0.1) is 0 Å². The lowest BCUT2D eigenvalue weighted by molar-refractivity contribution is -0.234. The number of aryl methyl sites for hydroxylation is 1. The van der Waals surface area contributed by atoms with Crippen molar-refractivity contribution in [3.63, 3.8) is 0 Å². The van der Waals surface area contributed by atoms with Crippen molar-refractivity contribution in [3.8, 4) is 0 Å². The Kier molecular flexibility index (Phi) is 16.3. The van der Waals surface area contributed by atoms with Crippen LogP contribution in [0.25, 0.3) is 0 Å². The molecule has 0 spiro atoms. The zero-order chi connectivity index (χ0) is 27.0. The molecule has 0 saturated heterocycles. The van der Waals surface area contributed by atoms with Crippen LogP contribution in [0.3, 0.4) is 0 Å². The molecule has 3 atom stereocenters. The van der Waals surface area contributed by atoms with Crippen molar-refractivity contribution >= 4 is 23.0 Å². The van der Waals surface area contributed by atoms with Gasteiger partial charge in [0.15, 0.2) is 6.61 Å². The maximum atomic E-state index is 12.2. The molecule has 0 aliphatic carbocycles. The molecule has 12 nitrogen and oxygen atoms in total. The fourth-order valence-corrected chi connectivity index (χ4v) is 3.67. The van der Waals surface area contributed by atoms with Gasteiger partial charge in [-0.1, -0.05) is 13.3 Å². The third-order valence-corrected chi connectivity index (χ3v) is 5.86. The summed E-state index contributed by atoms with van der Waals surface area (Å²) in [5.41, 5.74) is 4.99. The number of halogens is 3. The standard InChI is InChI=1S/C19H32F3N3O9P2/c1-4-6-11-30-36(33-15(5-2)13-31-35(27)32-14-19(20,21)22)34-29-12-16(28-3)7-9-25-10-8-17(23)24-18(25)26/h5,8,10,16,27H,4,6-7,9,11-14H2,1-3H3,(H2,23,24,26)/b15-5+. The SMILES string of the molecule is C/C=C(\COP(O)OCC(F)(F)F)OP(OCCCC)OOCC(CCn1ccc(N)nc1=O)OC. The zero-order valence-corrected chi connectivity index (χ0v) is 22.0. The lowest BCUT2D eigenvalue weighted by Crippen LogP contribution is -2.27. The van der Waals surface area contributed by atoms with E-state index >= 15 is 0 Å². The minimum absolute atomic E-state index is 0.0259. The van der Waals surface area contributed by atoms with Crippen molar-refractivity contribution in [1.82, 2.24) is 9.55 Å². The first kappa shape index (κ1) is 32.6. The number of nitrogens with two attached hydrogens (primary N) is 1. The number of methoxy groups -OCH3 is 1. The normalized spacial score (nSPS) is 15.0. The first-order valence-corrected chi connectivity index (χ1v) is 13.0. The number of nitrogen functional groups attached to an aromatic ring is 1. The molecule has 0 aromatic carbocycles. The van der Waals surface area contributed by atoms with Crippen LogP contribution < -0.4 is 11.4 Å². The van der Waals surface area contributed by atoms with Crippen molar-refractivity contribution in [2.75, 3.05) is 39.3 Å². The topological polar surface area (TPSA) is 146 Å². The maximum Gasteiger partial charge on any atom is 0.426 e. The number of hydrogen-bond acceptors (Lipinski definition) is 11. The van der Waals surface area contributed by atoms with E-state index in [0.29, 0.717) is 26.0 Å². The molecule has 0 bridgehead atoms. The summed E-state index contributed by atoms with van der Waals surface area (Å²) in [5.74, 6) is 0.250. The van der Waals surface area contributed by atoms with Crippen LogP contribution in [-0.2, 0) is 38.9 Å². The van der Waals surface area contributed by atoms with Gasteiger partial charge < -0.3 is 33.5 Å². The molecule has 1 aromatic rings. The maximum absolute atomic E-state index is 12.2. The number of ether oxygens (including phenoxy) is 1. The fraction of sp³-hybridized carbons (Fsp3) is 0.684. The second-order valence-electron chi connectivity index (χ2n) is 6.99. The van der Waals surface area contributed by atoms with Gasteiger partial charge in [-0.2, -0.15) is 18.2 Å². The van der Waals surface area contributed by atoms with Crippen molar-refractivity contribution in [1.29, 1.82) is 0 Å². The van der Waals surface area contributed by atoms with Crippen LogP contribution in [0.5, 0.6) is 0 Å². The van der Waals surface area contributed by atoms with E-state index < -0.39 is 41.8 Å². The Hall–Kier alpha value is -1.41. The van der Waals surface area contributed by atoms with E-state index in [1.54, 1.807) is 6.92 Å². The predicted octanol–water partition coefficient (Wildman–Crippen LogP) is 3.96. The number of rotatable bonds is 19. The van der Waals surface area contributed by atoms with Gasteiger partial charge in [0.2, 0.25) is 0 Å². The first-order chi connectivity index (χ1) is 17.1. The van der Waals surface area contributed by atoms with Crippen LogP contribution in [0.4, 0.5) is 19.0 Å². The van der Waals surface area contributed by atoms with Gasteiger partial charge in [-0.15, -0.1) is 4.67 Å². The molecule has 0 radical (unpaired) electrons. The highest BCUT2D eigenvalue weighted by atomic mass is 31.2. The largest absolute Gasteiger partial charge is 0.428 e. The van der Waals surface area contributed by atoms with Gasteiger partial charge in [-0.25, -0.2) is 9.68 Å². The quantitative estimate of drug-likeness (QED) is 0.0827. The van der Waals surface area contributed by atoms with Crippen molar-refractivity contribution < 1.29 is 50.5 Å². The molecule has 1 rings (SSSR count). The Bertz CT molecular complexity index is 833. The van der Waals surface area contributed by atoms with Crippen molar-refractivity contribution in [2.45, 2.75) is 51.9 Å². The number of anilines is 1. The van der Waals surface area contributed by atoms with Crippen molar-refractivity contribution in [2.24, 2.45) is 0 Å². The molecule has 3 unspecified atom stereocenters. The van der Waals surface area contributed by atoms with Gasteiger partial charge in [0, 0.05) is 19.9 Å². The summed E-state index contributed by atoms with van der Waals surface area (Å²) in [4.78, 5) is 30.2. The molecule has 208 valence electrons. The number of aromatic nitrogens is 2.